The molecule has 0 saturated carbocycles. The highest BCUT2D eigenvalue weighted by molar-refractivity contribution is 8.00. The second-order valence-corrected chi connectivity index (χ2v) is 11.8. The van der Waals surface area contributed by atoms with E-state index in [1.54, 1.807) is 55.5 Å². The summed E-state index contributed by atoms with van der Waals surface area (Å²) in [6.45, 7) is 3.61. The zero-order valence-corrected chi connectivity index (χ0v) is 24.7. The Hall–Kier alpha value is -4.48. The van der Waals surface area contributed by atoms with Crippen molar-refractivity contribution in [3.8, 4) is 0 Å². The van der Waals surface area contributed by atoms with Crippen molar-refractivity contribution in [2.75, 3.05) is 29.6 Å². The van der Waals surface area contributed by atoms with E-state index in [9.17, 15) is 14.4 Å². The van der Waals surface area contributed by atoms with Gasteiger partial charge < -0.3 is 15.5 Å². The van der Waals surface area contributed by atoms with Crippen LogP contribution < -0.4 is 20.9 Å². The van der Waals surface area contributed by atoms with Gasteiger partial charge in [-0.1, -0.05) is 47.7 Å². The number of amides is 3. The van der Waals surface area contributed by atoms with E-state index in [1.165, 1.54) is 23.1 Å². The van der Waals surface area contributed by atoms with Crippen molar-refractivity contribution in [3.63, 3.8) is 0 Å². The van der Waals surface area contributed by atoms with Crippen LogP contribution in [0.15, 0.2) is 89.5 Å². The van der Waals surface area contributed by atoms with Gasteiger partial charge in [0.15, 0.2) is 0 Å². The molecule has 210 valence electrons. The number of hydrogen-bond acceptors (Lipinski definition) is 8. The summed E-state index contributed by atoms with van der Waals surface area (Å²) < 4.78 is 0. The normalized spacial score (nSPS) is 11.9. The van der Waals surface area contributed by atoms with Gasteiger partial charge >= 0.3 is 0 Å². The van der Waals surface area contributed by atoms with Crippen LogP contribution in [0.3, 0.4) is 0 Å². The van der Waals surface area contributed by atoms with Crippen LogP contribution in [0.25, 0.3) is 6.08 Å². The Balaban J connectivity index is 1.49. The molecule has 1 heterocycles. The number of anilines is 3. The van der Waals surface area contributed by atoms with Crippen molar-refractivity contribution in [2.45, 2.75) is 24.0 Å². The number of carbonyl (C=O) groups is 3. The second kappa shape index (κ2) is 13.7. The van der Waals surface area contributed by atoms with Crippen LogP contribution in [0.4, 0.5) is 16.5 Å². The fourth-order valence-corrected chi connectivity index (χ4v) is 5.16. The molecule has 1 atom stereocenters. The molecule has 11 heteroatoms. The van der Waals surface area contributed by atoms with E-state index < -0.39 is 17.1 Å². The largest absolute Gasteiger partial charge is 0.378 e. The SMILES string of the molecule is Cc1nnc(NC(=O)C(C)Sc2cccc(NC(=O)/C(=C\c3ccc(N(C)C)cc3)NC(=O)c3ccccc3)c2)s1. The summed E-state index contributed by atoms with van der Waals surface area (Å²) in [5, 5.41) is 17.0. The fourth-order valence-electron chi connectivity index (χ4n) is 3.64. The van der Waals surface area contributed by atoms with Crippen LogP contribution in [0.1, 0.15) is 27.9 Å². The number of aryl methyl sites for hydroxylation is 1. The lowest BCUT2D eigenvalue weighted by atomic mass is 10.1. The Morgan fingerprint density at radius 2 is 1.66 bits per heavy atom. The fraction of sp³-hybridized carbons (Fsp3) is 0.167. The molecule has 0 radical (unpaired) electrons. The summed E-state index contributed by atoms with van der Waals surface area (Å²) in [5.74, 6) is -1.08. The lowest BCUT2D eigenvalue weighted by Crippen LogP contribution is -2.30. The molecular formula is C30H30N6O3S2. The topological polar surface area (TPSA) is 116 Å². The number of rotatable bonds is 10. The molecule has 0 saturated heterocycles. The number of hydrogen-bond donors (Lipinski definition) is 3. The highest BCUT2D eigenvalue weighted by Gasteiger charge is 2.18. The highest BCUT2D eigenvalue weighted by atomic mass is 32.2. The summed E-state index contributed by atoms with van der Waals surface area (Å²) in [6.07, 6.45) is 1.63. The summed E-state index contributed by atoms with van der Waals surface area (Å²) >= 11 is 2.65. The van der Waals surface area contributed by atoms with Gasteiger partial charge in [0.25, 0.3) is 11.8 Å². The van der Waals surface area contributed by atoms with Gasteiger partial charge in [-0.3, -0.25) is 19.7 Å². The Morgan fingerprint density at radius 3 is 2.32 bits per heavy atom. The first-order chi connectivity index (χ1) is 19.7. The average molecular weight is 587 g/mol. The molecular weight excluding hydrogens is 557 g/mol. The van der Waals surface area contributed by atoms with Gasteiger partial charge in [-0.15, -0.1) is 22.0 Å². The zero-order chi connectivity index (χ0) is 29.4. The smallest absolute Gasteiger partial charge is 0.272 e. The number of benzene rings is 3. The minimum atomic E-state index is -0.481. The molecule has 1 unspecified atom stereocenters. The highest BCUT2D eigenvalue weighted by Crippen LogP contribution is 2.27. The maximum Gasteiger partial charge on any atom is 0.272 e. The molecule has 0 aliphatic heterocycles. The number of thioether (sulfide) groups is 1. The van der Waals surface area contributed by atoms with E-state index in [0.717, 1.165) is 21.2 Å². The van der Waals surface area contributed by atoms with Crippen molar-refractivity contribution in [1.82, 2.24) is 15.5 Å². The lowest BCUT2D eigenvalue weighted by molar-refractivity contribution is -0.115. The molecule has 0 fully saturated rings. The van der Waals surface area contributed by atoms with Crippen LogP contribution in [0, 0.1) is 6.92 Å². The summed E-state index contributed by atoms with van der Waals surface area (Å²) in [7, 11) is 3.89. The third-order valence-corrected chi connectivity index (χ3v) is 7.63. The molecule has 41 heavy (non-hydrogen) atoms. The van der Waals surface area contributed by atoms with Crippen LogP contribution in [-0.4, -0.2) is 47.3 Å². The maximum atomic E-state index is 13.4. The van der Waals surface area contributed by atoms with Crippen molar-refractivity contribution in [3.05, 3.63) is 101 Å². The molecule has 3 N–H and O–H groups in total. The second-order valence-electron chi connectivity index (χ2n) is 9.22. The van der Waals surface area contributed by atoms with Crippen molar-refractivity contribution < 1.29 is 14.4 Å². The first-order valence-corrected chi connectivity index (χ1v) is 14.4. The van der Waals surface area contributed by atoms with E-state index >= 15 is 0 Å². The predicted molar refractivity (Wildman–Crippen MR) is 166 cm³/mol. The number of nitrogens with one attached hydrogen (secondary N) is 3. The van der Waals surface area contributed by atoms with Gasteiger partial charge in [-0.05, 0) is 68.0 Å². The molecule has 0 spiro atoms. The molecule has 3 aromatic carbocycles. The van der Waals surface area contributed by atoms with Crippen molar-refractivity contribution in [2.24, 2.45) is 0 Å². The molecule has 1 aromatic heterocycles. The van der Waals surface area contributed by atoms with Gasteiger partial charge in [0.1, 0.15) is 10.7 Å². The average Bonchev–Trinajstić information content (AvgIpc) is 3.37. The molecule has 3 amide bonds. The monoisotopic (exact) mass is 586 g/mol. The van der Waals surface area contributed by atoms with E-state index in [0.29, 0.717) is 16.4 Å². The Kier molecular flexibility index (Phi) is 9.88. The third-order valence-electron chi connectivity index (χ3n) is 5.78. The Bertz CT molecular complexity index is 1550. The van der Waals surface area contributed by atoms with E-state index in [1.807, 2.05) is 62.3 Å². The quantitative estimate of drug-likeness (QED) is 0.167. The Morgan fingerprint density at radius 1 is 0.927 bits per heavy atom. The van der Waals surface area contributed by atoms with Gasteiger partial charge in [0.2, 0.25) is 11.0 Å². The Labute approximate surface area is 247 Å². The molecule has 4 aromatic rings. The van der Waals surface area contributed by atoms with Gasteiger partial charge in [0, 0.05) is 35.9 Å². The van der Waals surface area contributed by atoms with Gasteiger partial charge in [0.05, 0.1) is 5.25 Å². The summed E-state index contributed by atoms with van der Waals surface area (Å²) in [5.41, 5.74) is 2.81. The van der Waals surface area contributed by atoms with Crippen LogP contribution in [0.2, 0.25) is 0 Å². The van der Waals surface area contributed by atoms with Gasteiger partial charge in [-0.2, -0.15) is 0 Å². The van der Waals surface area contributed by atoms with Crippen molar-refractivity contribution >= 4 is 63.4 Å². The summed E-state index contributed by atoms with van der Waals surface area (Å²) in [4.78, 5) is 41.7. The standard InChI is InChI=1S/C30H30N6O3S2/c1-19(27(37)33-30-35-34-20(2)41-30)40-25-12-8-11-23(18-25)31-29(39)26(32-28(38)22-9-6-5-7-10-22)17-21-13-15-24(16-14-21)36(3)4/h5-19H,1-4H3,(H,31,39)(H,32,38)(H,33,35,37)/b26-17+. The first kappa shape index (κ1) is 29.5. The maximum absolute atomic E-state index is 13.4. The molecule has 0 aliphatic carbocycles. The van der Waals surface area contributed by atoms with E-state index in [4.69, 9.17) is 0 Å². The lowest BCUT2D eigenvalue weighted by Gasteiger charge is -2.14. The molecule has 0 bridgehead atoms. The third kappa shape index (κ3) is 8.50. The van der Waals surface area contributed by atoms with E-state index in [-0.39, 0.29) is 11.6 Å². The number of carbonyl (C=O) groups excluding carboxylic acids is 3. The van der Waals surface area contributed by atoms with Crippen LogP contribution in [-0.2, 0) is 9.59 Å². The molecule has 0 aliphatic rings. The van der Waals surface area contributed by atoms with Gasteiger partial charge in [-0.25, -0.2) is 0 Å². The number of aromatic nitrogens is 2. The van der Waals surface area contributed by atoms with Crippen molar-refractivity contribution in [1.29, 1.82) is 0 Å². The van der Waals surface area contributed by atoms with E-state index in [2.05, 4.69) is 26.1 Å². The first-order valence-electron chi connectivity index (χ1n) is 12.7. The zero-order valence-electron chi connectivity index (χ0n) is 23.0. The minimum Gasteiger partial charge on any atom is -0.378 e. The minimum absolute atomic E-state index is 0.0922. The summed E-state index contributed by atoms with van der Waals surface area (Å²) in [6, 6.07) is 23.5. The number of nitrogens with zero attached hydrogens (tertiary/aromatic N) is 3. The molecule has 4 rings (SSSR count). The predicted octanol–water partition coefficient (Wildman–Crippen LogP) is 5.44. The molecule has 9 nitrogen and oxygen atoms in total. The van der Waals surface area contributed by atoms with Crippen LogP contribution >= 0.6 is 23.1 Å². The van der Waals surface area contributed by atoms with Crippen LogP contribution in [0.5, 0.6) is 0 Å².